The van der Waals surface area contributed by atoms with Crippen LogP contribution in [-0.4, -0.2) is 14.5 Å². The molecule has 0 atom stereocenters. The van der Waals surface area contributed by atoms with Crippen LogP contribution in [0.25, 0.3) is 22.1 Å². The molecule has 0 aromatic carbocycles. The molecule has 3 aromatic heterocycles. The van der Waals surface area contributed by atoms with Crippen LogP contribution in [0, 0.1) is 5.92 Å². The summed E-state index contributed by atoms with van der Waals surface area (Å²) in [6.45, 7) is 4.46. The lowest BCUT2D eigenvalue weighted by Crippen LogP contribution is -1.96. The predicted octanol–water partition coefficient (Wildman–Crippen LogP) is 3.32. The van der Waals surface area contributed by atoms with Crippen LogP contribution in [0.5, 0.6) is 0 Å². The topological polar surface area (TPSA) is 30.7 Å². The fraction of sp³-hybridized carbons (Fsp3) is 0.333. The lowest BCUT2D eigenvalue weighted by Gasteiger charge is -2.05. The first-order valence-corrected chi connectivity index (χ1v) is 6.35. The maximum absolute atomic E-state index is 4.60. The second kappa shape index (κ2) is 4.09. The molecule has 0 aliphatic heterocycles. The Balaban J connectivity index is 2.28. The zero-order valence-corrected chi connectivity index (χ0v) is 11.0. The minimum atomic E-state index is 0.650. The zero-order valence-electron chi connectivity index (χ0n) is 11.0. The van der Waals surface area contributed by atoms with Gasteiger partial charge in [0, 0.05) is 19.4 Å². The molecule has 0 amide bonds. The van der Waals surface area contributed by atoms with Gasteiger partial charge in [0.15, 0.2) is 0 Å². The van der Waals surface area contributed by atoms with E-state index in [0.717, 1.165) is 23.0 Å². The molecule has 0 fully saturated rings. The third kappa shape index (κ3) is 1.67. The first kappa shape index (κ1) is 11.2. The van der Waals surface area contributed by atoms with Crippen molar-refractivity contribution in [3.63, 3.8) is 0 Å². The summed E-state index contributed by atoms with van der Waals surface area (Å²) in [5, 5.41) is 0. The van der Waals surface area contributed by atoms with Crippen molar-refractivity contribution in [3.8, 4) is 0 Å². The molecule has 0 N–H and O–H groups in total. The monoisotopic (exact) mass is 239 g/mol. The molecule has 0 saturated heterocycles. The molecule has 0 bridgehead atoms. The number of hydrogen-bond acceptors (Lipinski definition) is 2. The van der Waals surface area contributed by atoms with E-state index in [0.29, 0.717) is 5.92 Å². The summed E-state index contributed by atoms with van der Waals surface area (Å²) in [6.07, 6.45) is 4.87. The molecule has 3 heterocycles. The number of pyridine rings is 2. The average molecular weight is 239 g/mol. The second-order valence-electron chi connectivity index (χ2n) is 5.24. The van der Waals surface area contributed by atoms with E-state index >= 15 is 0 Å². The first-order chi connectivity index (χ1) is 8.66. The van der Waals surface area contributed by atoms with E-state index in [4.69, 9.17) is 0 Å². The second-order valence-corrected chi connectivity index (χ2v) is 5.24. The van der Waals surface area contributed by atoms with Crippen molar-refractivity contribution in [3.05, 3.63) is 36.2 Å². The summed E-state index contributed by atoms with van der Waals surface area (Å²) in [5.74, 6) is 0.650. The molecular formula is C15H17N3. The Morgan fingerprint density at radius 1 is 1.17 bits per heavy atom. The van der Waals surface area contributed by atoms with Gasteiger partial charge in [0.1, 0.15) is 11.0 Å². The minimum Gasteiger partial charge on any atom is -0.341 e. The van der Waals surface area contributed by atoms with E-state index in [-0.39, 0.29) is 0 Å². The van der Waals surface area contributed by atoms with Gasteiger partial charge in [-0.05, 0) is 36.1 Å². The Bertz CT molecular complexity index is 710. The summed E-state index contributed by atoms with van der Waals surface area (Å²) in [7, 11) is 2.08. The van der Waals surface area contributed by atoms with Crippen LogP contribution in [0.2, 0.25) is 0 Å². The molecule has 92 valence electrons. The van der Waals surface area contributed by atoms with Crippen LogP contribution in [0.3, 0.4) is 0 Å². The van der Waals surface area contributed by atoms with Gasteiger partial charge in [-0.2, -0.15) is 0 Å². The van der Waals surface area contributed by atoms with Crippen molar-refractivity contribution in [2.24, 2.45) is 13.0 Å². The normalized spacial score (nSPS) is 11.8. The number of hydrogen-bond donors (Lipinski definition) is 0. The van der Waals surface area contributed by atoms with Crippen molar-refractivity contribution in [2.75, 3.05) is 0 Å². The number of aryl methyl sites for hydroxylation is 1. The molecule has 3 heteroatoms. The van der Waals surface area contributed by atoms with Gasteiger partial charge in [0.05, 0.1) is 11.0 Å². The highest BCUT2D eigenvalue weighted by Gasteiger charge is 2.10. The molecule has 18 heavy (non-hydrogen) atoms. The van der Waals surface area contributed by atoms with Gasteiger partial charge < -0.3 is 4.57 Å². The maximum atomic E-state index is 4.60. The molecular weight excluding hydrogens is 222 g/mol. The van der Waals surface area contributed by atoms with Crippen molar-refractivity contribution < 1.29 is 0 Å². The summed E-state index contributed by atoms with van der Waals surface area (Å²) in [6, 6.07) is 6.30. The van der Waals surface area contributed by atoms with E-state index < -0.39 is 0 Å². The van der Waals surface area contributed by atoms with E-state index in [9.17, 15) is 0 Å². The fourth-order valence-corrected chi connectivity index (χ4v) is 2.50. The summed E-state index contributed by atoms with van der Waals surface area (Å²) in [4.78, 5) is 9.04. The molecule has 0 saturated carbocycles. The minimum absolute atomic E-state index is 0.650. The third-order valence-corrected chi connectivity index (χ3v) is 3.30. The number of rotatable bonds is 2. The van der Waals surface area contributed by atoms with Crippen molar-refractivity contribution >= 4 is 22.1 Å². The van der Waals surface area contributed by atoms with Crippen LogP contribution < -0.4 is 0 Å². The number of fused-ring (bicyclic) bond motifs is 3. The summed E-state index contributed by atoms with van der Waals surface area (Å²) >= 11 is 0. The van der Waals surface area contributed by atoms with Crippen molar-refractivity contribution in [1.82, 2.24) is 14.5 Å². The molecule has 3 nitrogen and oxygen atoms in total. The molecule has 0 spiro atoms. The van der Waals surface area contributed by atoms with E-state index in [1.807, 2.05) is 18.5 Å². The quantitative estimate of drug-likeness (QED) is 0.687. The lowest BCUT2D eigenvalue weighted by molar-refractivity contribution is 0.646. The van der Waals surface area contributed by atoms with E-state index in [1.54, 1.807) is 0 Å². The van der Waals surface area contributed by atoms with Gasteiger partial charge in [-0.25, -0.2) is 0 Å². The van der Waals surface area contributed by atoms with Gasteiger partial charge in [-0.3, -0.25) is 9.97 Å². The molecule has 3 aromatic rings. The first-order valence-electron chi connectivity index (χ1n) is 6.35. The summed E-state index contributed by atoms with van der Waals surface area (Å²) < 4.78 is 2.18. The Morgan fingerprint density at radius 2 is 1.94 bits per heavy atom. The Labute approximate surface area is 106 Å². The van der Waals surface area contributed by atoms with Crippen molar-refractivity contribution in [1.29, 1.82) is 0 Å². The van der Waals surface area contributed by atoms with Gasteiger partial charge in [0.25, 0.3) is 0 Å². The molecule has 3 rings (SSSR count). The smallest absolute Gasteiger partial charge is 0.114 e. The van der Waals surface area contributed by atoms with Crippen LogP contribution in [0.15, 0.2) is 30.6 Å². The molecule has 0 unspecified atom stereocenters. The highest BCUT2D eigenvalue weighted by molar-refractivity contribution is 6.03. The van der Waals surface area contributed by atoms with Gasteiger partial charge in [0.2, 0.25) is 0 Å². The molecule has 0 radical (unpaired) electrons. The molecule has 0 aliphatic carbocycles. The maximum Gasteiger partial charge on any atom is 0.114 e. The highest BCUT2D eigenvalue weighted by Crippen LogP contribution is 2.25. The van der Waals surface area contributed by atoms with E-state index in [2.05, 4.69) is 47.6 Å². The van der Waals surface area contributed by atoms with Gasteiger partial charge >= 0.3 is 0 Å². The van der Waals surface area contributed by atoms with Crippen LogP contribution >= 0.6 is 0 Å². The summed E-state index contributed by atoms with van der Waals surface area (Å²) in [5.41, 5.74) is 5.60. The predicted molar refractivity (Wildman–Crippen MR) is 74.6 cm³/mol. The largest absolute Gasteiger partial charge is 0.341 e. The number of nitrogens with zero attached hydrogens (tertiary/aromatic N) is 3. The highest BCUT2D eigenvalue weighted by atomic mass is 15.0. The average Bonchev–Trinajstić information content (AvgIpc) is 2.63. The lowest BCUT2D eigenvalue weighted by atomic mass is 10.0. The number of aromatic nitrogens is 3. The standard InChI is InChI=1S/C15H17N3/c1-10(2)7-11-8-13-15(17-9-11)14-12(18(13)3)5-4-6-16-14/h4-6,8-10H,7H2,1-3H3. The molecule has 0 aliphatic rings. The third-order valence-electron chi connectivity index (χ3n) is 3.30. The van der Waals surface area contributed by atoms with Crippen LogP contribution in [0.1, 0.15) is 19.4 Å². The fourth-order valence-electron chi connectivity index (χ4n) is 2.50. The van der Waals surface area contributed by atoms with Crippen LogP contribution in [-0.2, 0) is 13.5 Å². The zero-order chi connectivity index (χ0) is 12.7. The van der Waals surface area contributed by atoms with Gasteiger partial charge in [-0.15, -0.1) is 0 Å². The van der Waals surface area contributed by atoms with Crippen molar-refractivity contribution in [2.45, 2.75) is 20.3 Å². The van der Waals surface area contributed by atoms with Crippen LogP contribution in [0.4, 0.5) is 0 Å². The SMILES string of the molecule is CC(C)Cc1cnc2c3ncccc3n(C)c2c1. The Kier molecular flexibility index (Phi) is 2.54. The Morgan fingerprint density at radius 3 is 2.72 bits per heavy atom. The van der Waals surface area contributed by atoms with Gasteiger partial charge in [-0.1, -0.05) is 13.8 Å². The van der Waals surface area contributed by atoms with E-state index in [1.165, 1.54) is 11.1 Å². The Hall–Kier alpha value is -1.90.